The van der Waals surface area contributed by atoms with Gasteiger partial charge in [-0.15, -0.1) is 0 Å². The van der Waals surface area contributed by atoms with Crippen molar-refractivity contribution in [3.63, 3.8) is 0 Å². The summed E-state index contributed by atoms with van der Waals surface area (Å²) >= 11 is 0. The molecule has 1 aliphatic rings. The summed E-state index contributed by atoms with van der Waals surface area (Å²) in [6.45, 7) is 1.97. The summed E-state index contributed by atoms with van der Waals surface area (Å²) < 4.78 is 2.03. The number of Topliss-reactive ketones (excluding diaryl/α,β-unsaturated/α-hetero) is 1. The zero-order chi connectivity index (χ0) is 21.2. The van der Waals surface area contributed by atoms with Gasteiger partial charge in [0.2, 0.25) is 0 Å². The Kier molecular flexibility index (Phi) is 5.09. The SMILES string of the molecule is CC1=C(c2c(-c3ccccc3)nn(-c3ccccc3)c2-c2ccccc2)CCCC1=O. The van der Waals surface area contributed by atoms with E-state index >= 15 is 0 Å². The van der Waals surface area contributed by atoms with E-state index in [1.54, 1.807) is 0 Å². The molecule has 5 rings (SSSR count). The molecule has 31 heavy (non-hydrogen) atoms. The Balaban J connectivity index is 1.89. The van der Waals surface area contributed by atoms with Crippen LogP contribution in [0, 0.1) is 0 Å². The second-order valence-electron chi connectivity index (χ2n) is 7.93. The molecule has 0 atom stereocenters. The smallest absolute Gasteiger partial charge is 0.158 e. The first-order valence-corrected chi connectivity index (χ1v) is 10.8. The largest absolute Gasteiger partial charge is 0.295 e. The highest BCUT2D eigenvalue weighted by Gasteiger charge is 2.28. The van der Waals surface area contributed by atoms with Gasteiger partial charge in [0, 0.05) is 23.1 Å². The molecule has 1 aromatic heterocycles. The van der Waals surface area contributed by atoms with Crippen LogP contribution in [0.4, 0.5) is 0 Å². The van der Waals surface area contributed by atoms with E-state index in [2.05, 4.69) is 48.5 Å². The lowest BCUT2D eigenvalue weighted by Gasteiger charge is -2.19. The van der Waals surface area contributed by atoms with Crippen molar-refractivity contribution in [2.24, 2.45) is 0 Å². The van der Waals surface area contributed by atoms with Crippen molar-refractivity contribution < 1.29 is 4.79 Å². The Morgan fingerprint density at radius 1 is 0.742 bits per heavy atom. The second-order valence-corrected chi connectivity index (χ2v) is 7.93. The van der Waals surface area contributed by atoms with E-state index in [-0.39, 0.29) is 5.78 Å². The molecule has 3 heteroatoms. The lowest BCUT2D eigenvalue weighted by molar-refractivity contribution is -0.115. The van der Waals surface area contributed by atoms with E-state index in [0.29, 0.717) is 6.42 Å². The summed E-state index contributed by atoms with van der Waals surface area (Å²) in [7, 11) is 0. The fourth-order valence-electron chi connectivity index (χ4n) is 4.40. The average Bonchev–Trinajstić information content (AvgIpc) is 3.23. The quantitative estimate of drug-likeness (QED) is 0.378. The molecule has 0 unspecified atom stereocenters. The number of aromatic nitrogens is 2. The predicted octanol–water partition coefficient (Wildman–Crippen LogP) is 6.73. The van der Waals surface area contributed by atoms with E-state index in [9.17, 15) is 4.79 Å². The molecule has 0 spiro atoms. The topological polar surface area (TPSA) is 34.9 Å². The fraction of sp³-hybridized carbons (Fsp3) is 0.143. The normalized spacial score (nSPS) is 14.2. The van der Waals surface area contributed by atoms with Crippen LogP contribution in [0.5, 0.6) is 0 Å². The molecule has 0 radical (unpaired) electrons. The van der Waals surface area contributed by atoms with Crippen LogP contribution < -0.4 is 0 Å². The minimum absolute atomic E-state index is 0.242. The standard InChI is InChI=1S/C28H24N2O/c1-20-24(18-11-19-25(20)31)26-27(21-12-5-2-6-13-21)29-30(23-16-9-4-10-17-23)28(26)22-14-7-3-8-15-22/h2-10,12-17H,11,18-19H2,1H3. The first-order valence-electron chi connectivity index (χ1n) is 10.8. The molecule has 0 amide bonds. The molecule has 3 aromatic carbocycles. The van der Waals surface area contributed by atoms with Gasteiger partial charge in [0.15, 0.2) is 5.78 Å². The van der Waals surface area contributed by atoms with Crippen molar-refractivity contribution in [2.75, 3.05) is 0 Å². The zero-order valence-corrected chi connectivity index (χ0v) is 17.6. The third-order valence-electron chi connectivity index (χ3n) is 5.98. The maximum atomic E-state index is 12.7. The van der Waals surface area contributed by atoms with Crippen molar-refractivity contribution in [3.8, 4) is 28.2 Å². The van der Waals surface area contributed by atoms with Crippen LogP contribution in [0.15, 0.2) is 96.6 Å². The van der Waals surface area contributed by atoms with E-state index in [4.69, 9.17) is 5.10 Å². The molecular formula is C28H24N2O. The number of allylic oxidation sites excluding steroid dienone is 2. The number of para-hydroxylation sites is 1. The van der Waals surface area contributed by atoms with Crippen molar-refractivity contribution in [1.82, 2.24) is 9.78 Å². The molecule has 0 fully saturated rings. The summed E-state index contributed by atoms with van der Waals surface area (Å²) in [6.07, 6.45) is 2.39. The third kappa shape index (κ3) is 3.53. The number of rotatable bonds is 4. The van der Waals surface area contributed by atoms with E-state index in [1.807, 2.05) is 54.1 Å². The molecule has 0 bridgehead atoms. The number of carbonyl (C=O) groups excluding carboxylic acids is 1. The summed E-state index contributed by atoms with van der Waals surface area (Å²) in [4.78, 5) is 12.7. The van der Waals surface area contributed by atoms with Crippen LogP contribution in [-0.4, -0.2) is 15.6 Å². The number of carbonyl (C=O) groups is 1. The maximum absolute atomic E-state index is 12.7. The second kappa shape index (κ2) is 8.19. The van der Waals surface area contributed by atoms with Gasteiger partial charge < -0.3 is 0 Å². The van der Waals surface area contributed by atoms with Gasteiger partial charge in [-0.25, -0.2) is 4.68 Å². The Morgan fingerprint density at radius 2 is 1.32 bits per heavy atom. The van der Waals surface area contributed by atoms with Gasteiger partial charge in [0.25, 0.3) is 0 Å². The molecule has 3 nitrogen and oxygen atoms in total. The predicted molar refractivity (Wildman–Crippen MR) is 126 cm³/mol. The van der Waals surface area contributed by atoms with Gasteiger partial charge >= 0.3 is 0 Å². The molecule has 0 N–H and O–H groups in total. The Bertz CT molecular complexity index is 1250. The minimum Gasteiger partial charge on any atom is -0.295 e. The number of hydrogen-bond acceptors (Lipinski definition) is 2. The van der Waals surface area contributed by atoms with Crippen molar-refractivity contribution in [1.29, 1.82) is 0 Å². The minimum atomic E-state index is 0.242. The number of ketones is 1. The van der Waals surface area contributed by atoms with Gasteiger partial charge in [-0.05, 0) is 43.0 Å². The molecular weight excluding hydrogens is 380 g/mol. The van der Waals surface area contributed by atoms with Crippen molar-refractivity contribution in [3.05, 3.63) is 102 Å². The van der Waals surface area contributed by atoms with Gasteiger partial charge in [0.1, 0.15) is 5.69 Å². The molecule has 0 saturated carbocycles. The Hall–Kier alpha value is -3.72. The van der Waals surface area contributed by atoms with Crippen molar-refractivity contribution in [2.45, 2.75) is 26.2 Å². The molecule has 1 aliphatic carbocycles. The summed E-state index contributed by atoms with van der Waals surface area (Å²) in [6, 6.07) is 30.9. The monoisotopic (exact) mass is 404 g/mol. The van der Waals surface area contributed by atoms with E-state index in [0.717, 1.165) is 57.8 Å². The summed E-state index contributed by atoms with van der Waals surface area (Å²) in [5, 5.41) is 5.13. The summed E-state index contributed by atoms with van der Waals surface area (Å²) in [5.74, 6) is 0.242. The molecule has 1 heterocycles. The first kappa shape index (κ1) is 19.3. The van der Waals surface area contributed by atoms with Crippen LogP contribution in [0.3, 0.4) is 0 Å². The van der Waals surface area contributed by atoms with Crippen molar-refractivity contribution >= 4 is 11.4 Å². The zero-order valence-electron chi connectivity index (χ0n) is 17.6. The van der Waals surface area contributed by atoms with Crippen LogP contribution >= 0.6 is 0 Å². The van der Waals surface area contributed by atoms with Crippen LogP contribution in [0.25, 0.3) is 33.8 Å². The third-order valence-corrected chi connectivity index (χ3v) is 5.98. The van der Waals surface area contributed by atoms with Crippen LogP contribution in [0.1, 0.15) is 31.7 Å². The van der Waals surface area contributed by atoms with E-state index < -0.39 is 0 Å². The summed E-state index contributed by atoms with van der Waals surface area (Å²) in [5.41, 5.74) is 8.18. The first-order chi connectivity index (χ1) is 15.2. The average molecular weight is 405 g/mol. The Morgan fingerprint density at radius 3 is 1.97 bits per heavy atom. The lowest BCUT2D eigenvalue weighted by Crippen LogP contribution is -2.09. The maximum Gasteiger partial charge on any atom is 0.158 e. The lowest BCUT2D eigenvalue weighted by atomic mass is 9.84. The van der Waals surface area contributed by atoms with Gasteiger partial charge in [-0.2, -0.15) is 5.10 Å². The molecule has 4 aromatic rings. The molecule has 0 aliphatic heterocycles. The van der Waals surface area contributed by atoms with Gasteiger partial charge in [-0.1, -0.05) is 78.9 Å². The number of nitrogens with zero attached hydrogens (tertiary/aromatic N) is 2. The van der Waals surface area contributed by atoms with Gasteiger partial charge in [0.05, 0.1) is 11.4 Å². The Labute approximate surface area is 182 Å². The van der Waals surface area contributed by atoms with Crippen LogP contribution in [-0.2, 0) is 4.79 Å². The highest BCUT2D eigenvalue weighted by Crippen LogP contribution is 2.42. The fourth-order valence-corrected chi connectivity index (χ4v) is 4.40. The van der Waals surface area contributed by atoms with Crippen LogP contribution in [0.2, 0.25) is 0 Å². The number of benzene rings is 3. The molecule has 152 valence electrons. The highest BCUT2D eigenvalue weighted by atomic mass is 16.1. The van der Waals surface area contributed by atoms with Gasteiger partial charge in [-0.3, -0.25) is 4.79 Å². The highest BCUT2D eigenvalue weighted by molar-refractivity contribution is 6.06. The van der Waals surface area contributed by atoms with E-state index in [1.165, 1.54) is 0 Å². The number of hydrogen-bond donors (Lipinski definition) is 0. The molecule has 0 saturated heterocycles.